The van der Waals surface area contributed by atoms with E-state index in [2.05, 4.69) is 10.6 Å². The highest BCUT2D eigenvalue weighted by atomic mass is 35.5. The van der Waals surface area contributed by atoms with Gasteiger partial charge in [-0.3, -0.25) is 9.59 Å². The minimum atomic E-state index is -0.582. The molecule has 1 atom stereocenters. The fraction of sp³-hybridized carbons (Fsp3) is 0.0909. The molecular weight excluding hydrogens is 411 g/mol. The summed E-state index contributed by atoms with van der Waals surface area (Å²) in [4.78, 5) is 25.5. The van der Waals surface area contributed by atoms with Crippen LogP contribution in [0, 0.1) is 5.82 Å². The Morgan fingerprint density at radius 1 is 0.931 bits per heavy atom. The lowest BCUT2D eigenvalue weighted by Crippen LogP contribution is -2.22. The van der Waals surface area contributed by atoms with E-state index in [1.807, 2.05) is 6.07 Å². The molecule has 0 fully saturated rings. The van der Waals surface area contributed by atoms with Crippen molar-refractivity contribution in [2.45, 2.75) is 17.1 Å². The molecule has 3 aromatic rings. The second kappa shape index (κ2) is 9.58. The molecule has 2 N–H and O–H groups in total. The van der Waals surface area contributed by atoms with Gasteiger partial charge in [0.1, 0.15) is 5.82 Å². The molecule has 3 aromatic carbocycles. The van der Waals surface area contributed by atoms with Crippen LogP contribution in [0.3, 0.4) is 0 Å². The van der Waals surface area contributed by atoms with Gasteiger partial charge in [0, 0.05) is 21.3 Å². The summed E-state index contributed by atoms with van der Waals surface area (Å²) in [6, 6.07) is 19.8. The molecule has 0 radical (unpaired) electrons. The van der Waals surface area contributed by atoms with E-state index in [1.54, 1.807) is 55.5 Å². The number of halogens is 2. The summed E-state index contributed by atoms with van der Waals surface area (Å²) >= 11 is 7.28. The highest BCUT2D eigenvalue weighted by Gasteiger charge is 2.16. The van der Waals surface area contributed by atoms with Crippen molar-refractivity contribution in [1.29, 1.82) is 0 Å². The second-order valence-corrected chi connectivity index (χ2v) is 8.07. The van der Waals surface area contributed by atoms with Gasteiger partial charge in [0.15, 0.2) is 0 Å². The topological polar surface area (TPSA) is 58.2 Å². The smallest absolute Gasteiger partial charge is 0.258 e. The molecule has 3 rings (SSSR count). The molecule has 148 valence electrons. The van der Waals surface area contributed by atoms with Gasteiger partial charge in [0.05, 0.1) is 10.8 Å². The molecule has 2 amide bonds. The number of nitrogens with one attached hydrogen (secondary N) is 2. The SMILES string of the molecule is CC(Sc1cccc(NC(=O)c2ccccc2F)c1)C(=O)Nc1cccc(Cl)c1. The fourth-order valence-electron chi connectivity index (χ4n) is 2.56. The maximum atomic E-state index is 13.8. The molecule has 29 heavy (non-hydrogen) atoms. The Bertz CT molecular complexity index is 1040. The van der Waals surface area contributed by atoms with Crippen LogP contribution in [0.5, 0.6) is 0 Å². The van der Waals surface area contributed by atoms with Crippen LogP contribution < -0.4 is 10.6 Å². The number of anilines is 2. The van der Waals surface area contributed by atoms with Gasteiger partial charge in [-0.1, -0.05) is 35.9 Å². The van der Waals surface area contributed by atoms with Crippen LogP contribution in [0.1, 0.15) is 17.3 Å². The minimum Gasteiger partial charge on any atom is -0.325 e. The van der Waals surface area contributed by atoms with Crippen LogP contribution in [-0.4, -0.2) is 17.1 Å². The van der Waals surface area contributed by atoms with Gasteiger partial charge in [-0.15, -0.1) is 11.8 Å². The molecule has 0 spiro atoms. The number of amides is 2. The Balaban J connectivity index is 1.64. The van der Waals surface area contributed by atoms with Crippen molar-refractivity contribution in [3.63, 3.8) is 0 Å². The summed E-state index contributed by atoms with van der Waals surface area (Å²) in [5.41, 5.74) is 1.12. The zero-order valence-electron chi connectivity index (χ0n) is 15.5. The maximum absolute atomic E-state index is 13.8. The van der Waals surface area contributed by atoms with Crippen LogP contribution in [0.4, 0.5) is 15.8 Å². The Labute approximate surface area is 177 Å². The first-order chi connectivity index (χ1) is 13.9. The summed E-state index contributed by atoms with van der Waals surface area (Å²) in [5.74, 6) is -1.28. The first-order valence-electron chi connectivity index (χ1n) is 8.81. The van der Waals surface area contributed by atoms with Crippen LogP contribution in [0.25, 0.3) is 0 Å². The average Bonchev–Trinajstić information content (AvgIpc) is 2.68. The number of thioether (sulfide) groups is 1. The zero-order valence-corrected chi connectivity index (χ0v) is 17.1. The predicted molar refractivity (Wildman–Crippen MR) is 116 cm³/mol. The first-order valence-corrected chi connectivity index (χ1v) is 10.1. The van der Waals surface area contributed by atoms with E-state index in [1.165, 1.54) is 30.0 Å². The lowest BCUT2D eigenvalue weighted by atomic mass is 10.2. The van der Waals surface area contributed by atoms with E-state index in [0.717, 1.165) is 4.90 Å². The van der Waals surface area contributed by atoms with Crippen molar-refractivity contribution in [2.75, 3.05) is 10.6 Å². The van der Waals surface area contributed by atoms with Crippen molar-refractivity contribution in [3.05, 3.63) is 89.2 Å². The third kappa shape index (κ3) is 5.82. The van der Waals surface area contributed by atoms with Gasteiger partial charge in [0.2, 0.25) is 5.91 Å². The molecule has 0 aliphatic rings. The molecule has 0 bridgehead atoms. The fourth-order valence-corrected chi connectivity index (χ4v) is 3.68. The van der Waals surface area contributed by atoms with Gasteiger partial charge in [0.25, 0.3) is 5.91 Å². The van der Waals surface area contributed by atoms with E-state index >= 15 is 0 Å². The monoisotopic (exact) mass is 428 g/mol. The van der Waals surface area contributed by atoms with Crippen LogP contribution in [0.15, 0.2) is 77.7 Å². The van der Waals surface area contributed by atoms with E-state index in [9.17, 15) is 14.0 Å². The molecule has 4 nitrogen and oxygen atoms in total. The minimum absolute atomic E-state index is 0.0279. The van der Waals surface area contributed by atoms with Gasteiger partial charge in [-0.05, 0) is 55.5 Å². The highest BCUT2D eigenvalue weighted by molar-refractivity contribution is 8.00. The molecule has 0 saturated heterocycles. The van der Waals surface area contributed by atoms with Crippen LogP contribution in [0.2, 0.25) is 5.02 Å². The second-order valence-electron chi connectivity index (χ2n) is 6.22. The number of rotatable bonds is 6. The zero-order chi connectivity index (χ0) is 20.8. The summed E-state index contributed by atoms with van der Waals surface area (Å²) in [5, 5.41) is 5.66. The quantitative estimate of drug-likeness (QED) is 0.484. The van der Waals surface area contributed by atoms with Crippen LogP contribution in [-0.2, 0) is 4.79 Å². The number of carbonyl (C=O) groups excluding carboxylic acids is 2. The molecule has 0 aromatic heterocycles. The third-order valence-corrected chi connectivity index (χ3v) is 5.31. The Kier molecular flexibility index (Phi) is 6.90. The molecule has 0 aliphatic carbocycles. The van der Waals surface area contributed by atoms with Gasteiger partial charge >= 0.3 is 0 Å². The van der Waals surface area contributed by atoms with E-state index in [-0.39, 0.29) is 16.7 Å². The van der Waals surface area contributed by atoms with Crippen LogP contribution >= 0.6 is 23.4 Å². The van der Waals surface area contributed by atoms with Crippen molar-refractivity contribution in [3.8, 4) is 0 Å². The summed E-state index contributed by atoms with van der Waals surface area (Å²) in [6.45, 7) is 1.79. The molecule has 7 heteroatoms. The van der Waals surface area contributed by atoms with Gasteiger partial charge < -0.3 is 10.6 Å². The Morgan fingerprint density at radius 3 is 2.34 bits per heavy atom. The first kappa shape index (κ1) is 20.9. The van der Waals surface area contributed by atoms with Crippen molar-refractivity contribution in [1.82, 2.24) is 0 Å². The number of hydrogen-bond acceptors (Lipinski definition) is 3. The molecule has 1 unspecified atom stereocenters. The molecule has 0 aliphatic heterocycles. The summed E-state index contributed by atoms with van der Waals surface area (Å²) < 4.78 is 13.8. The Hall–Kier alpha value is -2.83. The lowest BCUT2D eigenvalue weighted by Gasteiger charge is -2.13. The maximum Gasteiger partial charge on any atom is 0.258 e. The predicted octanol–water partition coefficient (Wildman–Crippen LogP) is 5.85. The standard InChI is InChI=1S/C22H18ClFN2O2S/c1-14(21(27)25-16-7-4-6-15(23)12-16)29-18-9-5-8-17(13-18)26-22(28)19-10-2-3-11-20(19)24/h2-14H,1H3,(H,25,27)(H,26,28). The number of carbonyl (C=O) groups is 2. The van der Waals surface area contributed by atoms with E-state index in [0.29, 0.717) is 16.4 Å². The largest absolute Gasteiger partial charge is 0.325 e. The van der Waals surface area contributed by atoms with E-state index in [4.69, 9.17) is 11.6 Å². The van der Waals surface area contributed by atoms with E-state index < -0.39 is 11.7 Å². The number of hydrogen-bond donors (Lipinski definition) is 2. The van der Waals surface area contributed by atoms with Gasteiger partial charge in [-0.2, -0.15) is 0 Å². The summed E-state index contributed by atoms with van der Waals surface area (Å²) in [6.07, 6.45) is 0. The van der Waals surface area contributed by atoms with Crippen molar-refractivity contribution < 1.29 is 14.0 Å². The highest BCUT2D eigenvalue weighted by Crippen LogP contribution is 2.27. The molecule has 0 saturated carbocycles. The number of benzene rings is 3. The lowest BCUT2D eigenvalue weighted by molar-refractivity contribution is -0.115. The molecular formula is C22H18ClFN2O2S. The Morgan fingerprint density at radius 2 is 1.62 bits per heavy atom. The van der Waals surface area contributed by atoms with Gasteiger partial charge in [-0.25, -0.2) is 4.39 Å². The third-order valence-electron chi connectivity index (χ3n) is 3.98. The average molecular weight is 429 g/mol. The molecule has 0 heterocycles. The normalized spacial score (nSPS) is 11.6. The van der Waals surface area contributed by atoms with Crippen molar-refractivity contribution in [2.24, 2.45) is 0 Å². The van der Waals surface area contributed by atoms with Crippen molar-refractivity contribution >= 4 is 46.6 Å². The summed E-state index contributed by atoms with van der Waals surface area (Å²) in [7, 11) is 0.